The number of nitrogens with zero attached hydrogens (tertiary/aromatic N) is 1. The van der Waals surface area contributed by atoms with Gasteiger partial charge in [0, 0.05) is 25.2 Å². The number of hydrogen-bond donors (Lipinski definition) is 2. The number of hydrogen-bond acceptors (Lipinski definition) is 3. The minimum atomic E-state index is -0.840. The SMILES string of the molecule is CC(C)COc1ccccc1CNC(=O)N1CCC(C(=O)O)C1. The van der Waals surface area contributed by atoms with E-state index in [0.717, 1.165) is 11.3 Å². The molecule has 0 spiro atoms. The summed E-state index contributed by atoms with van der Waals surface area (Å²) in [6, 6.07) is 7.38. The Hall–Kier alpha value is -2.24. The van der Waals surface area contributed by atoms with Crippen LogP contribution in [0.5, 0.6) is 5.75 Å². The molecule has 2 amide bonds. The summed E-state index contributed by atoms with van der Waals surface area (Å²) in [5.74, 6) is -0.100. The molecule has 1 unspecified atom stereocenters. The third-order valence-corrected chi connectivity index (χ3v) is 3.80. The normalized spacial score (nSPS) is 17.3. The van der Waals surface area contributed by atoms with Crippen LogP contribution in [0.2, 0.25) is 0 Å². The van der Waals surface area contributed by atoms with Crippen molar-refractivity contribution >= 4 is 12.0 Å². The van der Waals surface area contributed by atoms with Gasteiger partial charge < -0.3 is 20.1 Å². The highest BCUT2D eigenvalue weighted by atomic mass is 16.5. The van der Waals surface area contributed by atoms with Crippen LogP contribution in [0.15, 0.2) is 24.3 Å². The molecule has 0 aliphatic carbocycles. The lowest BCUT2D eigenvalue weighted by Gasteiger charge is -2.18. The highest BCUT2D eigenvalue weighted by Crippen LogP contribution is 2.20. The van der Waals surface area contributed by atoms with Gasteiger partial charge in [-0.3, -0.25) is 4.79 Å². The first kappa shape index (κ1) is 17.1. The summed E-state index contributed by atoms with van der Waals surface area (Å²) in [4.78, 5) is 24.6. The van der Waals surface area contributed by atoms with Gasteiger partial charge in [0.25, 0.3) is 0 Å². The summed E-state index contributed by atoms with van der Waals surface area (Å²) in [6.07, 6.45) is 0.511. The predicted octanol–water partition coefficient (Wildman–Crippen LogP) is 2.34. The number of rotatable bonds is 6. The average molecular weight is 320 g/mol. The molecule has 6 heteroatoms. The number of benzene rings is 1. The molecule has 6 nitrogen and oxygen atoms in total. The quantitative estimate of drug-likeness (QED) is 0.843. The summed E-state index contributed by atoms with van der Waals surface area (Å²) in [6.45, 7) is 5.90. The van der Waals surface area contributed by atoms with Crippen LogP contribution in [0.25, 0.3) is 0 Å². The van der Waals surface area contributed by atoms with E-state index in [2.05, 4.69) is 19.2 Å². The zero-order chi connectivity index (χ0) is 16.8. The second-order valence-electron chi connectivity index (χ2n) is 6.24. The monoisotopic (exact) mass is 320 g/mol. The van der Waals surface area contributed by atoms with Gasteiger partial charge in [0.1, 0.15) is 5.75 Å². The number of nitrogens with one attached hydrogen (secondary N) is 1. The molecule has 1 aromatic carbocycles. The number of carbonyl (C=O) groups excluding carboxylic acids is 1. The first-order valence-corrected chi connectivity index (χ1v) is 7.93. The van der Waals surface area contributed by atoms with Crippen molar-refractivity contribution in [3.05, 3.63) is 29.8 Å². The minimum absolute atomic E-state index is 0.229. The summed E-state index contributed by atoms with van der Waals surface area (Å²) in [7, 11) is 0. The Morgan fingerprint density at radius 1 is 1.39 bits per heavy atom. The topological polar surface area (TPSA) is 78.9 Å². The molecule has 1 aliphatic rings. The highest BCUT2D eigenvalue weighted by Gasteiger charge is 2.30. The Kier molecular flexibility index (Phi) is 5.84. The van der Waals surface area contributed by atoms with Crippen molar-refractivity contribution in [2.75, 3.05) is 19.7 Å². The molecule has 1 heterocycles. The fraction of sp³-hybridized carbons (Fsp3) is 0.529. The maximum atomic E-state index is 12.1. The molecular weight excluding hydrogens is 296 g/mol. The minimum Gasteiger partial charge on any atom is -0.493 e. The maximum Gasteiger partial charge on any atom is 0.317 e. The number of likely N-dealkylation sites (tertiary alicyclic amines) is 1. The predicted molar refractivity (Wildman–Crippen MR) is 86.3 cm³/mol. The second-order valence-corrected chi connectivity index (χ2v) is 6.24. The Morgan fingerprint density at radius 2 is 2.13 bits per heavy atom. The van der Waals surface area contributed by atoms with E-state index in [0.29, 0.717) is 32.0 Å². The van der Waals surface area contributed by atoms with Crippen LogP contribution < -0.4 is 10.1 Å². The van der Waals surface area contributed by atoms with Gasteiger partial charge >= 0.3 is 12.0 Å². The smallest absolute Gasteiger partial charge is 0.317 e. The van der Waals surface area contributed by atoms with Crippen molar-refractivity contribution in [2.45, 2.75) is 26.8 Å². The number of para-hydroxylation sites is 1. The van der Waals surface area contributed by atoms with Crippen molar-refractivity contribution in [2.24, 2.45) is 11.8 Å². The second kappa shape index (κ2) is 7.85. The summed E-state index contributed by atoms with van der Waals surface area (Å²) >= 11 is 0. The largest absolute Gasteiger partial charge is 0.493 e. The molecule has 0 saturated carbocycles. The molecule has 23 heavy (non-hydrogen) atoms. The highest BCUT2D eigenvalue weighted by molar-refractivity contribution is 5.77. The van der Waals surface area contributed by atoms with Crippen molar-refractivity contribution in [3.63, 3.8) is 0 Å². The van der Waals surface area contributed by atoms with E-state index in [-0.39, 0.29) is 12.6 Å². The number of carboxylic acids is 1. The lowest BCUT2D eigenvalue weighted by Crippen LogP contribution is -2.38. The number of ether oxygens (including phenoxy) is 1. The van der Waals surface area contributed by atoms with E-state index < -0.39 is 11.9 Å². The zero-order valence-corrected chi connectivity index (χ0v) is 13.6. The van der Waals surface area contributed by atoms with Gasteiger partial charge in [0.05, 0.1) is 12.5 Å². The molecule has 1 saturated heterocycles. The number of carboxylic acid groups (broad SMARTS) is 1. The van der Waals surface area contributed by atoms with E-state index in [9.17, 15) is 9.59 Å². The van der Waals surface area contributed by atoms with Gasteiger partial charge in [-0.15, -0.1) is 0 Å². The summed E-state index contributed by atoms with van der Waals surface area (Å²) < 4.78 is 5.76. The van der Waals surface area contributed by atoms with Crippen LogP contribution in [0.1, 0.15) is 25.8 Å². The molecule has 0 radical (unpaired) electrons. The molecule has 126 valence electrons. The molecule has 0 aromatic heterocycles. The van der Waals surface area contributed by atoms with Crippen molar-refractivity contribution < 1.29 is 19.4 Å². The van der Waals surface area contributed by atoms with E-state index in [1.165, 1.54) is 0 Å². The lowest BCUT2D eigenvalue weighted by molar-refractivity contribution is -0.141. The molecule has 2 N–H and O–H groups in total. The Morgan fingerprint density at radius 3 is 2.78 bits per heavy atom. The molecule has 1 fully saturated rings. The van der Waals surface area contributed by atoms with E-state index in [4.69, 9.17) is 9.84 Å². The third kappa shape index (κ3) is 4.87. The Labute approximate surface area is 136 Å². The van der Waals surface area contributed by atoms with Crippen LogP contribution in [0.3, 0.4) is 0 Å². The van der Waals surface area contributed by atoms with Crippen LogP contribution in [-0.2, 0) is 11.3 Å². The zero-order valence-electron chi connectivity index (χ0n) is 13.6. The van der Waals surface area contributed by atoms with Gasteiger partial charge in [-0.2, -0.15) is 0 Å². The van der Waals surface area contributed by atoms with Gasteiger partial charge in [0.15, 0.2) is 0 Å². The number of urea groups is 1. The van der Waals surface area contributed by atoms with Gasteiger partial charge in [0.2, 0.25) is 0 Å². The third-order valence-electron chi connectivity index (χ3n) is 3.80. The van der Waals surface area contributed by atoms with E-state index in [1.54, 1.807) is 4.90 Å². The number of aliphatic carboxylic acids is 1. The summed E-state index contributed by atoms with van der Waals surface area (Å²) in [5, 5.41) is 11.8. The lowest BCUT2D eigenvalue weighted by atomic mass is 10.1. The van der Waals surface area contributed by atoms with Crippen LogP contribution in [0.4, 0.5) is 4.79 Å². The molecule has 1 aliphatic heterocycles. The van der Waals surface area contributed by atoms with Crippen LogP contribution in [-0.4, -0.2) is 41.7 Å². The number of carbonyl (C=O) groups is 2. The fourth-order valence-electron chi connectivity index (χ4n) is 2.48. The van der Waals surface area contributed by atoms with E-state index >= 15 is 0 Å². The first-order chi connectivity index (χ1) is 11.0. The first-order valence-electron chi connectivity index (χ1n) is 7.93. The van der Waals surface area contributed by atoms with Crippen molar-refractivity contribution in [3.8, 4) is 5.75 Å². The Bertz CT molecular complexity index is 559. The molecule has 0 bridgehead atoms. The van der Waals surface area contributed by atoms with E-state index in [1.807, 2.05) is 24.3 Å². The van der Waals surface area contributed by atoms with Crippen molar-refractivity contribution in [1.82, 2.24) is 10.2 Å². The molecular formula is C17H24N2O4. The molecule has 1 aromatic rings. The summed E-state index contributed by atoms with van der Waals surface area (Å²) in [5.41, 5.74) is 0.912. The maximum absolute atomic E-state index is 12.1. The molecule has 1 atom stereocenters. The standard InChI is InChI=1S/C17H24N2O4/c1-12(2)11-23-15-6-4-3-5-13(15)9-18-17(22)19-8-7-14(10-19)16(20)21/h3-6,12,14H,7-11H2,1-2H3,(H,18,22)(H,20,21). The van der Waals surface area contributed by atoms with Gasteiger partial charge in [-0.25, -0.2) is 4.79 Å². The molecule has 2 rings (SSSR count). The van der Waals surface area contributed by atoms with Crippen molar-refractivity contribution in [1.29, 1.82) is 0 Å². The van der Waals surface area contributed by atoms with Gasteiger partial charge in [-0.1, -0.05) is 32.0 Å². The number of amides is 2. The van der Waals surface area contributed by atoms with Crippen LogP contribution >= 0.6 is 0 Å². The average Bonchev–Trinajstić information content (AvgIpc) is 3.01. The fourth-order valence-corrected chi connectivity index (χ4v) is 2.48. The van der Waals surface area contributed by atoms with Gasteiger partial charge in [-0.05, 0) is 18.4 Å². The Balaban J connectivity index is 1.88. The van der Waals surface area contributed by atoms with Crippen LogP contribution in [0, 0.1) is 11.8 Å².